The zero-order valence-electron chi connectivity index (χ0n) is 7.25. The fourth-order valence-electron chi connectivity index (χ4n) is 0.868. The first-order valence-corrected chi connectivity index (χ1v) is 4.29. The van der Waals surface area contributed by atoms with Gasteiger partial charge in [-0.3, -0.25) is 0 Å². The molecule has 0 aliphatic heterocycles. The van der Waals surface area contributed by atoms with Gasteiger partial charge in [0.05, 0.1) is 6.26 Å². The summed E-state index contributed by atoms with van der Waals surface area (Å²) in [7, 11) is -0.217. The van der Waals surface area contributed by atoms with E-state index in [4.69, 9.17) is 5.02 Å². The molecule has 0 aliphatic rings. The van der Waals surface area contributed by atoms with Crippen molar-refractivity contribution in [2.75, 3.05) is 0 Å². The van der Waals surface area contributed by atoms with E-state index < -0.39 is 0 Å². The second kappa shape index (κ2) is 9.56. The van der Waals surface area contributed by atoms with Crippen LogP contribution >= 0.6 is 0 Å². The number of hydrogen-bond donors (Lipinski definition) is 1. The van der Waals surface area contributed by atoms with Crippen molar-refractivity contribution in [2.45, 2.75) is 39.0 Å². The predicted octanol–water partition coefficient (Wildman–Crippen LogP) is 1.75. The normalized spacial score (nSPS) is 10.4. The molecule has 11 heavy (non-hydrogen) atoms. The second-order valence-corrected chi connectivity index (χ2v) is 2.52. The van der Waals surface area contributed by atoms with Crippen LogP contribution in [0.4, 0.5) is 0 Å². The van der Waals surface area contributed by atoms with Gasteiger partial charge < -0.3 is 9.68 Å². The Hall–Kier alpha value is -0.435. The highest BCUT2D eigenvalue weighted by molar-refractivity contribution is 6.16. The standard InChI is InChI=1S/C8H17BO2/c1-2-3-4-5-6-7-8-11-9-10/h7-10H,2-6H2,1H3/b8-7+. The Kier molecular flexibility index (Phi) is 9.19. The van der Waals surface area contributed by atoms with Gasteiger partial charge in [-0.05, 0) is 12.8 Å². The van der Waals surface area contributed by atoms with Gasteiger partial charge in [0.15, 0.2) is 0 Å². The summed E-state index contributed by atoms with van der Waals surface area (Å²) >= 11 is 0. The fourth-order valence-corrected chi connectivity index (χ4v) is 0.868. The average molecular weight is 156 g/mol. The summed E-state index contributed by atoms with van der Waals surface area (Å²) in [5, 5.41) is 8.23. The van der Waals surface area contributed by atoms with Crippen LogP contribution in [0.15, 0.2) is 12.3 Å². The molecule has 0 saturated heterocycles. The summed E-state index contributed by atoms with van der Waals surface area (Å²) in [6.07, 6.45) is 9.67. The van der Waals surface area contributed by atoms with Gasteiger partial charge >= 0.3 is 7.69 Å². The molecular weight excluding hydrogens is 139 g/mol. The maximum Gasteiger partial charge on any atom is 0.503 e. The first-order valence-electron chi connectivity index (χ1n) is 4.29. The molecular formula is C8H17BO2. The lowest BCUT2D eigenvalue weighted by molar-refractivity contribution is 0.404. The van der Waals surface area contributed by atoms with E-state index in [1.807, 2.05) is 6.08 Å². The highest BCUT2D eigenvalue weighted by Crippen LogP contribution is 2.02. The van der Waals surface area contributed by atoms with Crippen molar-refractivity contribution in [1.29, 1.82) is 0 Å². The van der Waals surface area contributed by atoms with Crippen LogP contribution in [-0.2, 0) is 4.65 Å². The van der Waals surface area contributed by atoms with Crippen LogP contribution in [0.3, 0.4) is 0 Å². The highest BCUT2D eigenvalue weighted by Gasteiger charge is 1.84. The number of hydrogen-bond acceptors (Lipinski definition) is 2. The van der Waals surface area contributed by atoms with Crippen LogP contribution in [0.25, 0.3) is 0 Å². The molecule has 0 atom stereocenters. The van der Waals surface area contributed by atoms with Crippen molar-refractivity contribution in [1.82, 2.24) is 0 Å². The molecule has 0 radical (unpaired) electrons. The molecule has 0 saturated carbocycles. The Balaban J connectivity index is 2.89. The molecule has 0 amide bonds. The van der Waals surface area contributed by atoms with Crippen molar-refractivity contribution in [3.05, 3.63) is 12.3 Å². The first-order chi connectivity index (χ1) is 5.41. The van der Waals surface area contributed by atoms with Crippen molar-refractivity contribution in [2.24, 2.45) is 0 Å². The maximum atomic E-state index is 8.23. The molecule has 0 bridgehead atoms. The number of unbranched alkanes of at least 4 members (excludes halogenated alkanes) is 4. The molecule has 2 nitrogen and oxygen atoms in total. The Labute approximate surface area is 69.6 Å². The second-order valence-electron chi connectivity index (χ2n) is 2.52. The zero-order chi connectivity index (χ0) is 8.36. The van der Waals surface area contributed by atoms with E-state index in [-0.39, 0.29) is 7.69 Å². The van der Waals surface area contributed by atoms with E-state index in [0.717, 1.165) is 6.42 Å². The Morgan fingerprint density at radius 1 is 1.36 bits per heavy atom. The maximum absolute atomic E-state index is 8.23. The largest absolute Gasteiger partial charge is 0.545 e. The number of allylic oxidation sites excluding steroid dienone is 1. The van der Waals surface area contributed by atoms with E-state index in [0.29, 0.717) is 0 Å². The molecule has 0 fully saturated rings. The minimum atomic E-state index is -0.217. The molecule has 0 heterocycles. The van der Waals surface area contributed by atoms with Crippen LogP contribution in [0.1, 0.15) is 39.0 Å². The molecule has 0 spiro atoms. The molecule has 0 aliphatic carbocycles. The summed E-state index contributed by atoms with van der Waals surface area (Å²) in [6.45, 7) is 2.20. The van der Waals surface area contributed by atoms with Gasteiger partial charge in [-0.15, -0.1) is 0 Å². The van der Waals surface area contributed by atoms with E-state index in [1.165, 1.54) is 25.7 Å². The first kappa shape index (κ1) is 10.6. The van der Waals surface area contributed by atoms with Crippen LogP contribution in [0, 0.1) is 0 Å². The van der Waals surface area contributed by atoms with Crippen LogP contribution < -0.4 is 0 Å². The Bertz CT molecular complexity index is 94.1. The Morgan fingerprint density at radius 2 is 2.18 bits per heavy atom. The predicted molar refractivity (Wildman–Crippen MR) is 48.4 cm³/mol. The van der Waals surface area contributed by atoms with Crippen LogP contribution in [-0.4, -0.2) is 12.7 Å². The lowest BCUT2D eigenvalue weighted by atomic mass is 10.1. The third kappa shape index (κ3) is 9.56. The van der Waals surface area contributed by atoms with Gasteiger partial charge in [0.2, 0.25) is 0 Å². The summed E-state index contributed by atoms with van der Waals surface area (Å²) in [6, 6.07) is 0. The van der Waals surface area contributed by atoms with Gasteiger partial charge in [-0.1, -0.05) is 32.3 Å². The van der Waals surface area contributed by atoms with E-state index in [9.17, 15) is 0 Å². The molecule has 3 heteroatoms. The van der Waals surface area contributed by atoms with Crippen LogP contribution in [0.5, 0.6) is 0 Å². The molecule has 0 rings (SSSR count). The van der Waals surface area contributed by atoms with E-state index >= 15 is 0 Å². The van der Waals surface area contributed by atoms with E-state index in [1.54, 1.807) is 6.26 Å². The molecule has 64 valence electrons. The zero-order valence-corrected chi connectivity index (χ0v) is 7.25. The molecule has 1 N–H and O–H groups in total. The molecule has 0 aromatic heterocycles. The van der Waals surface area contributed by atoms with Crippen molar-refractivity contribution in [3.8, 4) is 0 Å². The lowest BCUT2D eigenvalue weighted by Crippen LogP contribution is -1.87. The summed E-state index contributed by atoms with van der Waals surface area (Å²) in [5.74, 6) is 0. The summed E-state index contributed by atoms with van der Waals surface area (Å²) < 4.78 is 4.62. The van der Waals surface area contributed by atoms with Crippen molar-refractivity contribution >= 4 is 7.69 Å². The van der Waals surface area contributed by atoms with Crippen LogP contribution in [0.2, 0.25) is 0 Å². The van der Waals surface area contributed by atoms with Gasteiger partial charge in [-0.2, -0.15) is 0 Å². The minimum absolute atomic E-state index is 0.217. The molecule has 0 aromatic carbocycles. The number of rotatable bonds is 7. The summed E-state index contributed by atoms with van der Waals surface area (Å²) in [5.41, 5.74) is 0. The lowest BCUT2D eigenvalue weighted by Gasteiger charge is -1.94. The van der Waals surface area contributed by atoms with Gasteiger partial charge in [-0.25, -0.2) is 0 Å². The van der Waals surface area contributed by atoms with Gasteiger partial charge in [0.1, 0.15) is 0 Å². The third-order valence-electron chi connectivity index (χ3n) is 1.49. The average Bonchev–Trinajstić information content (AvgIpc) is 2.03. The van der Waals surface area contributed by atoms with Gasteiger partial charge in [0, 0.05) is 0 Å². The monoisotopic (exact) mass is 156 g/mol. The van der Waals surface area contributed by atoms with Gasteiger partial charge in [0.25, 0.3) is 0 Å². The third-order valence-corrected chi connectivity index (χ3v) is 1.49. The van der Waals surface area contributed by atoms with E-state index in [2.05, 4.69) is 11.6 Å². The summed E-state index contributed by atoms with van der Waals surface area (Å²) in [4.78, 5) is 0. The SMILES string of the molecule is CCCCCC/C=C/OBO. The van der Waals surface area contributed by atoms with Crippen molar-refractivity contribution in [3.63, 3.8) is 0 Å². The minimum Gasteiger partial charge on any atom is -0.545 e. The molecule has 0 unspecified atom stereocenters. The Morgan fingerprint density at radius 3 is 2.82 bits per heavy atom. The molecule has 0 aromatic rings. The topological polar surface area (TPSA) is 29.5 Å². The quantitative estimate of drug-likeness (QED) is 0.345. The van der Waals surface area contributed by atoms with Crippen molar-refractivity contribution < 1.29 is 9.68 Å². The fraction of sp³-hybridized carbons (Fsp3) is 0.750. The smallest absolute Gasteiger partial charge is 0.503 e. The highest BCUT2D eigenvalue weighted by atomic mass is 16.5.